The monoisotopic (exact) mass is 255 g/mol. The maximum Gasteiger partial charge on any atom is 0.136 e. The Morgan fingerprint density at radius 3 is 1.33 bits per heavy atom. The Morgan fingerprint density at radius 1 is 0.778 bits per heavy atom. The van der Waals surface area contributed by atoms with Crippen molar-refractivity contribution in [2.45, 2.75) is 60.4 Å². The van der Waals surface area contributed by atoms with E-state index in [1.54, 1.807) is 0 Å². The highest BCUT2D eigenvalue weighted by Gasteiger charge is 2.15. The first-order valence-corrected chi connectivity index (χ1v) is 7.05. The Labute approximate surface area is 112 Å². The smallest absolute Gasteiger partial charge is 0.136 e. The van der Waals surface area contributed by atoms with Crippen LogP contribution in [0.15, 0.2) is 0 Å². The van der Waals surface area contributed by atoms with Crippen molar-refractivity contribution in [3.8, 4) is 0 Å². The van der Waals surface area contributed by atoms with Gasteiger partial charge >= 0.3 is 0 Å². The Hall–Kier alpha value is -0.700. The van der Waals surface area contributed by atoms with Gasteiger partial charge in [0.15, 0.2) is 0 Å². The molecule has 0 unspecified atom stereocenters. The SMILES string of the molecule is CC(C)C(=O)CCN(CCC(=O)C(C)C)C(C)C. The zero-order chi connectivity index (χ0) is 14.3. The molecule has 0 aliphatic heterocycles. The summed E-state index contributed by atoms with van der Waals surface area (Å²) in [5.74, 6) is 0.819. The van der Waals surface area contributed by atoms with Crippen LogP contribution >= 0.6 is 0 Å². The molecule has 0 saturated heterocycles. The van der Waals surface area contributed by atoms with E-state index < -0.39 is 0 Å². The van der Waals surface area contributed by atoms with Crippen LogP contribution < -0.4 is 0 Å². The van der Waals surface area contributed by atoms with E-state index >= 15 is 0 Å². The predicted octanol–water partition coefficient (Wildman–Crippen LogP) is 2.93. The second-order valence-electron chi connectivity index (χ2n) is 5.87. The van der Waals surface area contributed by atoms with Gasteiger partial charge in [0.05, 0.1) is 0 Å². The topological polar surface area (TPSA) is 37.4 Å². The molecular formula is C15H29NO2. The molecule has 0 fully saturated rings. The number of carbonyl (C=O) groups is 2. The number of hydrogen-bond donors (Lipinski definition) is 0. The number of rotatable bonds is 9. The summed E-state index contributed by atoms with van der Waals surface area (Å²) in [6.45, 7) is 13.5. The predicted molar refractivity (Wildman–Crippen MR) is 75.6 cm³/mol. The lowest BCUT2D eigenvalue weighted by molar-refractivity contribution is -0.122. The lowest BCUT2D eigenvalue weighted by Gasteiger charge is -2.26. The van der Waals surface area contributed by atoms with Gasteiger partial charge in [0.1, 0.15) is 11.6 Å². The molecule has 0 rings (SSSR count). The fourth-order valence-corrected chi connectivity index (χ4v) is 1.71. The first-order chi connectivity index (χ1) is 8.25. The fraction of sp³-hybridized carbons (Fsp3) is 0.867. The van der Waals surface area contributed by atoms with Gasteiger partial charge < -0.3 is 4.90 Å². The van der Waals surface area contributed by atoms with Crippen LogP contribution in [0.3, 0.4) is 0 Å². The Morgan fingerprint density at radius 2 is 1.11 bits per heavy atom. The van der Waals surface area contributed by atoms with Crippen molar-refractivity contribution < 1.29 is 9.59 Å². The van der Waals surface area contributed by atoms with Crippen LogP contribution in [-0.2, 0) is 9.59 Å². The molecule has 18 heavy (non-hydrogen) atoms. The first-order valence-electron chi connectivity index (χ1n) is 7.05. The molecule has 3 heteroatoms. The minimum atomic E-state index is 0.108. The molecule has 3 nitrogen and oxygen atoms in total. The van der Waals surface area contributed by atoms with Crippen molar-refractivity contribution in [3.05, 3.63) is 0 Å². The van der Waals surface area contributed by atoms with Gasteiger partial charge in [0, 0.05) is 43.8 Å². The number of Topliss-reactive ketones (excluding diaryl/α,β-unsaturated/α-hetero) is 2. The number of nitrogens with zero attached hydrogens (tertiary/aromatic N) is 1. The van der Waals surface area contributed by atoms with Gasteiger partial charge in [0.2, 0.25) is 0 Å². The van der Waals surface area contributed by atoms with Gasteiger partial charge in [-0.1, -0.05) is 27.7 Å². The van der Waals surface area contributed by atoms with Crippen LogP contribution in [0.1, 0.15) is 54.4 Å². The second kappa shape index (κ2) is 8.41. The summed E-state index contributed by atoms with van der Waals surface area (Å²) in [5, 5.41) is 0. The van der Waals surface area contributed by atoms with Crippen LogP contribution in [0.5, 0.6) is 0 Å². The summed E-state index contributed by atoms with van der Waals surface area (Å²) in [6.07, 6.45) is 1.18. The zero-order valence-electron chi connectivity index (χ0n) is 12.8. The molecule has 0 aromatic rings. The van der Waals surface area contributed by atoms with Crippen LogP contribution in [-0.4, -0.2) is 35.6 Å². The molecule has 0 aromatic heterocycles. The van der Waals surface area contributed by atoms with E-state index in [9.17, 15) is 9.59 Å². The van der Waals surface area contributed by atoms with Crippen molar-refractivity contribution in [2.75, 3.05) is 13.1 Å². The van der Waals surface area contributed by atoms with Gasteiger partial charge in [-0.15, -0.1) is 0 Å². The van der Waals surface area contributed by atoms with Crippen LogP contribution in [0.4, 0.5) is 0 Å². The van der Waals surface area contributed by atoms with Gasteiger partial charge in [-0.3, -0.25) is 9.59 Å². The van der Waals surface area contributed by atoms with Crippen LogP contribution in [0.25, 0.3) is 0 Å². The first kappa shape index (κ1) is 17.3. The molecular weight excluding hydrogens is 226 g/mol. The molecule has 0 amide bonds. The van der Waals surface area contributed by atoms with Crippen molar-refractivity contribution in [1.82, 2.24) is 4.90 Å². The highest BCUT2D eigenvalue weighted by Crippen LogP contribution is 2.07. The average Bonchev–Trinajstić information content (AvgIpc) is 2.27. The second-order valence-corrected chi connectivity index (χ2v) is 5.87. The van der Waals surface area contributed by atoms with Crippen molar-refractivity contribution in [2.24, 2.45) is 11.8 Å². The maximum atomic E-state index is 11.6. The Kier molecular flexibility index (Phi) is 8.08. The summed E-state index contributed by atoms with van der Waals surface area (Å²) in [6, 6.07) is 0.380. The van der Waals surface area contributed by atoms with E-state index in [4.69, 9.17) is 0 Å². The zero-order valence-corrected chi connectivity index (χ0v) is 12.8. The van der Waals surface area contributed by atoms with Crippen LogP contribution in [0.2, 0.25) is 0 Å². The highest BCUT2D eigenvalue weighted by atomic mass is 16.1. The molecule has 0 N–H and O–H groups in total. The van der Waals surface area contributed by atoms with Gasteiger partial charge in [-0.2, -0.15) is 0 Å². The third-order valence-corrected chi connectivity index (χ3v) is 3.31. The number of hydrogen-bond acceptors (Lipinski definition) is 3. The van der Waals surface area contributed by atoms with Crippen LogP contribution in [0, 0.1) is 11.8 Å². The quantitative estimate of drug-likeness (QED) is 0.635. The van der Waals surface area contributed by atoms with Gasteiger partial charge in [-0.05, 0) is 13.8 Å². The highest BCUT2D eigenvalue weighted by molar-refractivity contribution is 5.81. The normalized spacial score (nSPS) is 11.9. The standard InChI is InChI=1S/C15H29NO2/c1-11(2)14(17)7-9-16(13(5)6)10-8-15(18)12(3)4/h11-13H,7-10H2,1-6H3. The molecule has 0 aliphatic carbocycles. The largest absolute Gasteiger partial charge is 0.300 e. The summed E-state index contributed by atoms with van der Waals surface area (Å²) in [5.41, 5.74) is 0. The summed E-state index contributed by atoms with van der Waals surface area (Å²) < 4.78 is 0. The number of carbonyl (C=O) groups excluding carboxylic acids is 2. The summed E-state index contributed by atoms with van der Waals surface area (Å²) in [7, 11) is 0. The Balaban J connectivity index is 4.16. The molecule has 0 atom stereocenters. The third kappa shape index (κ3) is 6.90. The van der Waals surface area contributed by atoms with E-state index in [-0.39, 0.29) is 11.8 Å². The summed E-state index contributed by atoms with van der Waals surface area (Å²) >= 11 is 0. The minimum absolute atomic E-state index is 0.108. The van der Waals surface area contributed by atoms with Crippen molar-refractivity contribution in [1.29, 1.82) is 0 Å². The maximum absolute atomic E-state index is 11.6. The van der Waals surface area contributed by atoms with E-state index in [2.05, 4.69) is 18.7 Å². The average molecular weight is 255 g/mol. The summed E-state index contributed by atoms with van der Waals surface area (Å²) in [4.78, 5) is 25.5. The lowest BCUT2D eigenvalue weighted by Crippen LogP contribution is -2.35. The molecule has 0 spiro atoms. The molecule has 0 aromatic carbocycles. The van der Waals surface area contributed by atoms with E-state index in [0.717, 1.165) is 13.1 Å². The molecule has 0 aliphatic rings. The van der Waals surface area contributed by atoms with Crippen molar-refractivity contribution >= 4 is 11.6 Å². The third-order valence-electron chi connectivity index (χ3n) is 3.31. The molecule has 0 saturated carbocycles. The molecule has 106 valence electrons. The van der Waals surface area contributed by atoms with E-state index in [1.165, 1.54) is 0 Å². The van der Waals surface area contributed by atoms with E-state index in [1.807, 2.05) is 27.7 Å². The van der Waals surface area contributed by atoms with E-state index in [0.29, 0.717) is 30.4 Å². The minimum Gasteiger partial charge on any atom is -0.300 e. The lowest BCUT2D eigenvalue weighted by atomic mass is 10.0. The van der Waals surface area contributed by atoms with Gasteiger partial charge in [0.25, 0.3) is 0 Å². The van der Waals surface area contributed by atoms with Gasteiger partial charge in [-0.25, -0.2) is 0 Å². The van der Waals surface area contributed by atoms with Crippen molar-refractivity contribution in [3.63, 3.8) is 0 Å². The molecule has 0 radical (unpaired) electrons. The molecule has 0 bridgehead atoms. The number of ketones is 2. The Bertz CT molecular complexity index is 246. The fourth-order valence-electron chi connectivity index (χ4n) is 1.71. The molecule has 0 heterocycles.